The van der Waals surface area contributed by atoms with E-state index >= 15 is 0 Å². The molecule has 2 fully saturated rings. The van der Waals surface area contributed by atoms with Gasteiger partial charge in [-0.05, 0) is 12.1 Å². The van der Waals surface area contributed by atoms with E-state index < -0.39 is 0 Å². The summed E-state index contributed by atoms with van der Waals surface area (Å²) in [5, 5.41) is 3.03. The molecule has 1 N–H and O–H groups in total. The molecule has 2 saturated heterocycles. The molecular weight excluding hydrogens is 256 g/mol. The van der Waals surface area contributed by atoms with E-state index in [9.17, 15) is 4.79 Å². The Balaban J connectivity index is 1.66. The molecule has 2 heterocycles. The fraction of sp³-hybridized carbons (Fsp3) is 0.533. The smallest absolute Gasteiger partial charge is 0.224 e. The molecular formula is C15H20N2O3. The average Bonchev–Trinajstić information content (AvgIpc) is 2.45. The van der Waals surface area contributed by atoms with E-state index in [1.807, 2.05) is 24.3 Å². The lowest BCUT2D eigenvalue weighted by atomic mass is 10.0. The van der Waals surface area contributed by atoms with Crippen molar-refractivity contribution in [1.82, 2.24) is 0 Å². The molecule has 0 aliphatic carbocycles. The number of benzene rings is 1. The summed E-state index contributed by atoms with van der Waals surface area (Å²) in [6.45, 7) is 4.62. The molecule has 2 aliphatic heterocycles. The Bertz CT molecular complexity index is 468. The van der Waals surface area contributed by atoms with Gasteiger partial charge in [0.05, 0.1) is 37.8 Å². The molecule has 0 spiro atoms. The van der Waals surface area contributed by atoms with E-state index in [1.54, 1.807) is 0 Å². The molecule has 5 nitrogen and oxygen atoms in total. The summed E-state index contributed by atoms with van der Waals surface area (Å²) in [5.41, 5.74) is 1.97. The Morgan fingerprint density at radius 1 is 1.20 bits per heavy atom. The molecule has 1 amide bonds. The van der Waals surface area contributed by atoms with Crippen molar-refractivity contribution in [3.05, 3.63) is 24.3 Å². The summed E-state index contributed by atoms with van der Waals surface area (Å²) < 4.78 is 10.5. The minimum atomic E-state index is 0.0685. The number of anilines is 2. The van der Waals surface area contributed by atoms with Crippen LogP contribution in [0.1, 0.15) is 6.42 Å². The van der Waals surface area contributed by atoms with Gasteiger partial charge in [0.15, 0.2) is 0 Å². The van der Waals surface area contributed by atoms with E-state index in [2.05, 4.69) is 10.2 Å². The number of morpholine rings is 1. The second-order valence-corrected chi connectivity index (χ2v) is 5.27. The summed E-state index contributed by atoms with van der Waals surface area (Å²) in [6, 6.07) is 7.96. The Labute approximate surface area is 118 Å². The number of carbonyl (C=O) groups excluding carboxylic acids is 1. The molecule has 0 bridgehead atoms. The second kappa shape index (κ2) is 6.24. The van der Waals surface area contributed by atoms with Crippen molar-refractivity contribution in [3.8, 4) is 0 Å². The summed E-state index contributed by atoms with van der Waals surface area (Å²) in [7, 11) is 0. The number of nitrogens with zero attached hydrogens (tertiary/aromatic N) is 1. The Hall–Kier alpha value is -1.59. The fourth-order valence-electron chi connectivity index (χ4n) is 2.53. The third kappa shape index (κ3) is 3.11. The molecule has 0 unspecified atom stereocenters. The van der Waals surface area contributed by atoms with Crippen molar-refractivity contribution in [1.29, 1.82) is 0 Å². The van der Waals surface area contributed by atoms with Crippen LogP contribution < -0.4 is 10.2 Å². The number of hydrogen-bond donors (Lipinski definition) is 1. The Kier molecular flexibility index (Phi) is 4.18. The van der Waals surface area contributed by atoms with Crippen LogP contribution in [0.2, 0.25) is 0 Å². The van der Waals surface area contributed by atoms with Gasteiger partial charge in [-0.1, -0.05) is 12.1 Å². The number of amides is 1. The van der Waals surface area contributed by atoms with Gasteiger partial charge in [0.25, 0.3) is 0 Å². The first kappa shape index (κ1) is 13.4. The third-order valence-electron chi connectivity index (χ3n) is 3.71. The van der Waals surface area contributed by atoms with Gasteiger partial charge in [0.2, 0.25) is 5.91 Å². The van der Waals surface area contributed by atoms with Gasteiger partial charge in [-0.15, -0.1) is 0 Å². The van der Waals surface area contributed by atoms with Gasteiger partial charge in [0, 0.05) is 25.4 Å². The lowest BCUT2D eigenvalue weighted by molar-refractivity contribution is -0.121. The molecule has 0 radical (unpaired) electrons. The van der Waals surface area contributed by atoms with Crippen LogP contribution in [-0.2, 0) is 14.3 Å². The standard InChI is InChI=1S/C15H20N2O3/c18-15(9-12-10-20-11-12)16-13-3-1-2-4-14(13)17-5-7-19-8-6-17/h1-4,12H,5-11H2,(H,16,18). The number of ether oxygens (including phenoxy) is 2. The maximum absolute atomic E-state index is 12.0. The van der Waals surface area contributed by atoms with E-state index in [4.69, 9.17) is 9.47 Å². The van der Waals surface area contributed by atoms with Crippen LogP contribution in [0, 0.1) is 5.92 Å². The van der Waals surface area contributed by atoms with Gasteiger partial charge >= 0.3 is 0 Å². The lowest BCUT2D eigenvalue weighted by Gasteiger charge is -2.31. The monoisotopic (exact) mass is 276 g/mol. The minimum Gasteiger partial charge on any atom is -0.381 e. The summed E-state index contributed by atoms with van der Waals surface area (Å²) in [4.78, 5) is 14.3. The Morgan fingerprint density at radius 3 is 2.65 bits per heavy atom. The summed E-state index contributed by atoms with van der Waals surface area (Å²) in [6.07, 6.45) is 0.539. The molecule has 1 aromatic carbocycles. The average molecular weight is 276 g/mol. The van der Waals surface area contributed by atoms with E-state index in [0.717, 1.165) is 37.7 Å². The molecule has 20 heavy (non-hydrogen) atoms. The van der Waals surface area contributed by atoms with Crippen molar-refractivity contribution in [2.24, 2.45) is 5.92 Å². The largest absolute Gasteiger partial charge is 0.381 e. The van der Waals surface area contributed by atoms with Crippen LogP contribution >= 0.6 is 0 Å². The minimum absolute atomic E-state index is 0.0685. The van der Waals surface area contributed by atoms with Crippen molar-refractivity contribution in [2.45, 2.75) is 6.42 Å². The predicted molar refractivity (Wildman–Crippen MR) is 77.0 cm³/mol. The molecule has 2 aliphatic rings. The van der Waals surface area contributed by atoms with Gasteiger partial charge in [-0.25, -0.2) is 0 Å². The number of rotatable bonds is 4. The van der Waals surface area contributed by atoms with Crippen LogP contribution in [-0.4, -0.2) is 45.4 Å². The molecule has 3 rings (SSSR count). The third-order valence-corrected chi connectivity index (χ3v) is 3.71. The van der Waals surface area contributed by atoms with Crippen LogP contribution in [0.3, 0.4) is 0 Å². The van der Waals surface area contributed by atoms with Crippen LogP contribution in [0.5, 0.6) is 0 Å². The number of para-hydroxylation sites is 2. The van der Waals surface area contributed by atoms with E-state index in [0.29, 0.717) is 25.6 Å². The normalized spacial score (nSPS) is 19.5. The molecule has 0 saturated carbocycles. The highest BCUT2D eigenvalue weighted by molar-refractivity contribution is 5.94. The quantitative estimate of drug-likeness (QED) is 0.905. The molecule has 0 aromatic heterocycles. The maximum Gasteiger partial charge on any atom is 0.224 e. The van der Waals surface area contributed by atoms with Crippen molar-refractivity contribution in [2.75, 3.05) is 49.7 Å². The zero-order chi connectivity index (χ0) is 13.8. The number of hydrogen-bond acceptors (Lipinski definition) is 4. The predicted octanol–water partition coefficient (Wildman–Crippen LogP) is 1.50. The maximum atomic E-state index is 12.0. The van der Waals surface area contributed by atoms with Gasteiger partial charge in [0.1, 0.15) is 0 Å². The zero-order valence-electron chi connectivity index (χ0n) is 11.5. The Morgan fingerprint density at radius 2 is 1.95 bits per heavy atom. The van der Waals surface area contributed by atoms with Crippen LogP contribution in [0.25, 0.3) is 0 Å². The summed E-state index contributed by atoms with van der Waals surface area (Å²) >= 11 is 0. The first-order chi connectivity index (χ1) is 9.83. The SMILES string of the molecule is O=C(CC1COC1)Nc1ccccc1N1CCOCC1. The first-order valence-electron chi connectivity index (χ1n) is 7.12. The highest BCUT2D eigenvalue weighted by Crippen LogP contribution is 2.27. The number of carbonyl (C=O) groups is 1. The van der Waals surface area contributed by atoms with Gasteiger partial charge in [-0.2, -0.15) is 0 Å². The highest BCUT2D eigenvalue weighted by atomic mass is 16.5. The van der Waals surface area contributed by atoms with E-state index in [-0.39, 0.29) is 5.91 Å². The number of nitrogens with one attached hydrogen (secondary N) is 1. The van der Waals surface area contributed by atoms with Gasteiger partial charge in [-0.3, -0.25) is 4.79 Å². The second-order valence-electron chi connectivity index (χ2n) is 5.27. The molecule has 108 valence electrons. The summed E-state index contributed by atoms with van der Waals surface area (Å²) in [5.74, 6) is 0.449. The fourth-order valence-corrected chi connectivity index (χ4v) is 2.53. The molecule has 5 heteroatoms. The molecule has 1 aromatic rings. The highest BCUT2D eigenvalue weighted by Gasteiger charge is 2.22. The molecule has 0 atom stereocenters. The first-order valence-corrected chi connectivity index (χ1v) is 7.12. The van der Waals surface area contributed by atoms with Crippen molar-refractivity contribution >= 4 is 17.3 Å². The van der Waals surface area contributed by atoms with Crippen LogP contribution in [0.4, 0.5) is 11.4 Å². The lowest BCUT2D eigenvalue weighted by Crippen LogP contribution is -2.37. The van der Waals surface area contributed by atoms with Crippen molar-refractivity contribution < 1.29 is 14.3 Å². The zero-order valence-corrected chi connectivity index (χ0v) is 11.5. The van der Waals surface area contributed by atoms with E-state index in [1.165, 1.54) is 0 Å². The topological polar surface area (TPSA) is 50.8 Å². The van der Waals surface area contributed by atoms with Crippen molar-refractivity contribution in [3.63, 3.8) is 0 Å². The van der Waals surface area contributed by atoms with Gasteiger partial charge < -0.3 is 19.7 Å². The van der Waals surface area contributed by atoms with Crippen LogP contribution in [0.15, 0.2) is 24.3 Å².